The predicted octanol–water partition coefficient (Wildman–Crippen LogP) is 1.73. The Hall–Kier alpha value is -2.50. The standard InChI is InChI=1S/C20H27N7O3S/c1-11-6-7-14-17(11)24-15-5-3-4-13(15)18(14)25-20(28)26-31(21,29)16-8-23-27-9-12(22-2)10-30-19(16)27/h8,11-12,22H,3-7,9-10H2,1-2H3,(H3,21,24,25,26,28,29). The van der Waals surface area contributed by atoms with E-state index in [9.17, 15) is 9.00 Å². The monoisotopic (exact) mass is 445 g/mol. The summed E-state index contributed by atoms with van der Waals surface area (Å²) in [5, 5.41) is 16.2. The maximum atomic E-state index is 13.2. The Bertz CT molecular complexity index is 1180. The second-order valence-corrected chi connectivity index (χ2v) is 10.2. The van der Waals surface area contributed by atoms with Gasteiger partial charge < -0.3 is 15.4 Å². The number of aromatic nitrogens is 3. The molecular weight excluding hydrogens is 418 g/mol. The molecule has 10 nitrogen and oxygen atoms in total. The second kappa shape index (κ2) is 7.57. The number of amides is 2. The van der Waals surface area contributed by atoms with Crippen molar-refractivity contribution < 1.29 is 13.7 Å². The molecule has 2 aliphatic carbocycles. The van der Waals surface area contributed by atoms with Gasteiger partial charge >= 0.3 is 6.03 Å². The van der Waals surface area contributed by atoms with Gasteiger partial charge in [-0.15, -0.1) is 4.36 Å². The number of nitrogens with one attached hydrogen (secondary N) is 2. The Morgan fingerprint density at radius 2 is 2.19 bits per heavy atom. The molecule has 0 bridgehead atoms. The lowest BCUT2D eigenvalue weighted by molar-refractivity contribution is 0.184. The van der Waals surface area contributed by atoms with Gasteiger partial charge in [-0.25, -0.2) is 18.8 Å². The maximum absolute atomic E-state index is 13.2. The Morgan fingerprint density at radius 1 is 1.35 bits per heavy atom. The molecular formula is C20H27N7O3S. The van der Waals surface area contributed by atoms with Gasteiger partial charge in [0.1, 0.15) is 11.5 Å². The Balaban J connectivity index is 1.46. The van der Waals surface area contributed by atoms with Crippen molar-refractivity contribution in [2.24, 2.45) is 9.50 Å². The number of likely N-dealkylation sites (N-methyl/N-ethyl adjacent to an activating group) is 1. The molecule has 0 aromatic carbocycles. The SMILES string of the molecule is CNC1COc2c(S(N)(=O)=NC(=O)Nc3c4c(nc5c3CCC5C)CCC4)cnn2C1. The molecule has 5 rings (SSSR count). The number of carbonyl (C=O) groups excluding carboxylic acids is 1. The van der Waals surface area contributed by atoms with Crippen molar-refractivity contribution in [3.05, 3.63) is 28.7 Å². The summed E-state index contributed by atoms with van der Waals surface area (Å²) in [7, 11) is -1.69. The minimum atomic E-state index is -3.52. The van der Waals surface area contributed by atoms with Gasteiger partial charge in [0.25, 0.3) is 0 Å². The van der Waals surface area contributed by atoms with Crippen LogP contribution >= 0.6 is 0 Å². The summed E-state index contributed by atoms with van der Waals surface area (Å²) < 4.78 is 24.3. The summed E-state index contributed by atoms with van der Waals surface area (Å²) in [6, 6.07) is -0.633. The Morgan fingerprint density at radius 3 is 3.00 bits per heavy atom. The van der Waals surface area contributed by atoms with Crippen LogP contribution in [0.25, 0.3) is 0 Å². The summed E-state index contributed by atoms with van der Waals surface area (Å²) in [5.74, 6) is 0.666. The van der Waals surface area contributed by atoms with E-state index < -0.39 is 15.9 Å². The zero-order valence-electron chi connectivity index (χ0n) is 17.7. The quantitative estimate of drug-likeness (QED) is 0.658. The molecule has 0 saturated heterocycles. The first-order valence-corrected chi connectivity index (χ1v) is 12.2. The van der Waals surface area contributed by atoms with Crippen molar-refractivity contribution in [3.63, 3.8) is 0 Å². The third-order valence-corrected chi connectivity index (χ3v) is 7.75. The lowest BCUT2D eigenvalue weighted by Gasteiger charge is -2.24. The van der Waals surface area contributed by atoms with Crippen molar-refractivity contribution in [1.29, 1.82) is 0 Å². The molecule has 166 valence electrons. The van der Waals surface area contributed by atoms with Crippen molar-refractivity contribution in [1.82, 2.24) is 20.1 Å². The number of fused-ring (bicyclic) bond motifs is 3. The highest BCUT2D eigenvalue weighted by Crippen LogP contribution is 2.41. The number of rotatable bonds is 3. The van der Waals surface area contributed by atoms with Crippen LogP contribution in [-0.2, 0) is 35.7 Å². The maximum Gasteiger partial charge on any atom is 0.354 e. The van der Waals surface area contributed by atoms with E-state index >= 15 is 0 Å². The van der Waals surface area contributed by atoms with Crippen LogP contribution in [0.4, 0.5) is 10.5 Å². The molecule has 0 saturated carbocycles. The highest BCUT2D eigenvalue weighted by Gasteiger charge is 2.31. The molecule has 0 spiro atoms. The smallest absolute Gasteiger partial charge is 0.354 e. The average molecular weight is 446 g/mol. The zero-order chi connectivity index (χ0) is 21.8. The minimum absolute atomic E-state index is 0.0904. The van der Waals surface area contributed by atoms with Gasteiger partial charge in [0.15, 0.2) is 9.92 Å². The van der Waals surface area contributed by atoms with E-state index in [1.54, 1.807) is 4.68 Å². The highest BCUT2D eigenvalue weighted by atomic mass is 32.2. The van der Waals surface area contributed by atoms with Gasteiger partial charge in [-0.2, -0.15) is 5.10 Å². The van der Waals surface area contributed by atoms with Crippen LogP contribution < -0.4 is 20.5 Å². The van der Waals surface area contributed by atoms with Crippen molar-refractivity contribution in [2.45, 2.75) is 62.4 Å². The number of aryl methyl sites for hydroxylation is 1. The number of urea groups is 1. The number of anilines is 1. The molecule has 2 amide bonds. The molecule has 11 heteroatoms. The number of hydrogen-bond donors (Lipinski definition) is 3. The van der Waals surface area contributed by atoms with Crippen LogP contribution in [0.15, 0.2) is 15.5 Å². The molecule has 3 heterocycles. The summed E-state index contributed by atoms with van der Waals surface area (Å²) in [6.45, 7) is 3.11. The van der Waals surface area contributed by atoms with E-state index in [2.05, 4.69) is 27.0 Å². The number of nitrogens with two attached hydrogens (primary N) is 1. The van der Waals surface area contributed by atoms with Crippen LogP contribution in [-0.4, -0.2) is 44.7 Å². The molecule has 3 aliphatic rings. The van der Waals surface area contributed by atoms with E-state index in [0.717, 1.165) is 60.3 Å². The summed E-state index contributed by atoms with van der Waals surface area (Å²) in [5.41, 5.74) is 5.04. The van der Waals surface area contributed by atoms with E-state index in [4.69, 9.17) is 14.9 Å². The number of hydrogen-bond acceptors (Lipinski definition) is 6. The third-order valence-electron chi connectivity index (χ3n) is 6.40. The van der Waals surface area contributed by atoms with Crippen molar-refractivity contribution in [3.8, 4) is 5.88 Å². The van der Waals surface area contributed by atoms with Gasteiger partial charge in [0.2, 0.25) is 5.88 Å². The van der Waals surface area contributed by atoms with Gasteiger partial charge in [-0.3, -0.25) is 4.98 Å². The number of pyridine rings is 1. The molecule has 0 fully saturated rings. The first-order chi connectivity index (χ1) is 14.9. The topological polar surface area (TPSA) is 137 Å². The van der Waals surface area contributed by atoms with E-state index in [1.165, 1.54) is 6.20 Å². The molecule has 4 N–H and O–H groups in total. The lowest BCUT2D eigenvalue weighted by Crippen LogP contribution is -2.40. The van der Waals surface area contributed by atoms with Crippen LogP contribution in [0.1, 0.15) is 48.2 Å². The van der Waals surface area contributed by atoms with Crippen molar-refractivity contribution in [2.75, 3.05) is 19.0 Å². The summed E-state index contributed by atoms with van der Waals surface area (Å²) in [6.07, 6.45) is 6.04. The molecule has 3 atom stereocenters. The first kappa shape index (κ1) is 20.4. The second-order valence-electron chi connectivity index (χ2n) is 8.45. The predicted molar refractivity (Wildman–Crippen MR) is 116 cm³/mol. The lowest BCUT2D eigenvalue weighted by atomic mass is 10.0. The van der Waals surface area contributed by atoms with Gasteiger partial charge in [-0.1, -0.05) is 6.92 Å². The van der Waals surface area contributed by atoms with Gasteiger partial charge in [0, 0.05) is 11.4 Å². The van der Waals surface area contributed by atoms with Gasteiger partial charge in [-0.05, 0) is 56.2 Å². The molecule has 0 radical (unpaired) electrons. The van der Waals surface area contributed by atoms with Crippen LogP contribution in [0.3, 0.4) is 0 Å². The largest absolute Gasteiger partial charge is 0.475 e. The third kappa shape index (κ3) is 3.50. The first-order valence-electron chi connectivity index (χ1n) is 10.6. The molecule has 2 aromatic rings. The fourth-order valence-corrected chi connectivity index (χ4v) is 5.71. The van der Waals surface area contributed by atoms with E-state index in [0.29, 0.717) is 24.9 Å². The van der Waals surface area contributed by atoms with Crippen molar-refractivity contribution >= 4 is 21.6 Å². The van der Waals surface area contributed by atoms with E-state index in [-0.39, 0.29) is 10.9 Å². The van der Waals surface area contributed by atoms with E-state index in [1.807, 2.05) is 7.05 Å². The summed E-state index contributed by atoms with van der Waals surface area (Å²) >= 11 is 0. The number of carbonyl (C=O) groups is 1. The van der Waals surface area contributed by atoms with Gasteiger partial charge in [0.05, 0.1) is 24.5 Å². The van der Waals surface area contributed by atoms with Crippen LogP contribution in [0.2, 0.25) is 0 Å². The molecule has 1 aliphatic heterocycles. The van der Waals surface area contributed by atoms with Crippen LogP contribution in [0, 0.1) is 0 Å². The summed E-state index contributed by atoms with van der Waals surface area (Å²) in [4.78, 5) is 17.8. The zero-order valence-corrected chi connectivity index (χ0v) is 18.5. The highest BCUT2D eigenvalue weighted by molar-refractivity contribution is 7.91. The molecule has 3 unspecified atom stereocenters. The molecule has 2 aromatic heterocycles. The Labute approximate surface area is 181 Å². The number of ether oxygens (including phenoxy) is 1. The minimum Gasteiger partial charge on any atom is -0.475 e. The fourth-order valence-electron chi connectivity index (χ4n) is 4.70. The Kier molecular flexibility index (Phi) is 4.98. The average Bonchev–Trinajstić information content (AvgIpc) is 3.45. The normalized spacial score (nSPS) is 23.3. The number of nitrogens with zero attached hydrogens (tertiary/aromatic N) is 4. The molecule has 31 heavy (non-hydrogen) atoms. The fraction of sp³-hybridized carbons (Fsp3) is 0.550. The van der Waals surface area contributed by atoms with Crippen LogP contribution in [0.5, 0.6) is 5.88 Å².